The first-order valence-corrected chi connectivity index (χ1v) is 9.78. The van der Waals surface area contributed by atoms with Crippen molar-refractivity contribution in [3.63, 3.8) is 0 Å². The lowest BCUT2D eigenvalue weighted by Crippen LogP contribution is -2.04. The molecule has 0 fully saturated rings. The van der Waals surface area contributed by atoms with E-state index < -0.39 is 11.2 Å². The SMILES string of the molecule is COCc1cc(=O)c(O)c(-c2[nH]c(-c3ccc(OC)cc3OC)nc2-c2ccccc2)o1. The number of hydrogen-bond donors (Lipinski definition) is 2. The number of ether oxygens (including phenoxy) is 3. The van der Waals surface area contributed by atoms with Crippen molar-refractivity contribution >= 4 is 0 Å². The predicted molar refractivity (Wildman–Crippen MR) is 119 cm³/mol. The molecule has 0 atom stereocenters. The topological polar surface area (TPSA) is 107 Å². The van der Waals surface area contributed by atoms with Crippen molar-refractivity contribution in [1.82, 2.24) is 9.97 Å². The van der Waals surface area contributed by atoms with Gasteiger partial charge >= 0.3 is 0 Å². The molecule has 2 heterocycles. The first-order chi connectivity index (χ1) is 15.5. The van der Waals surface area contributed by atoms with Crippen molar-refractivity contribution in [3.05, 3.63) is 70.6 Å². The summed E-state index contributed by atoms with van der Waals surface area (Å²) in [5, 5.41) is 10.5. The second-order valence-electron chi connectivity index (χ2n) is 6.93. The van der Waals surface area contributed by atoms with Crippen LogP contribution in [-0.2, 0) is 11.3 Å². The first kappa shape index (κ1) is 21.2. The van der Waals surface area contributed by atoms with E-state index in [2.05, 4.69) is 4.98 Å². The second-order valence-corrected chi connectivity index (χ2v) is 6.93. The van der Waals surface area contributed by atoms with Crippen LogP contribution < -0.4 is 14.9 Å². The number of imidazole rings is 1. The highest BCUT2D eigenvalue weighted by Gasteiger charge is 2.23. The molecule has 2 aromatic carbocycles. The van der Waals surface area contributed by atoms with Crippen LogP contribution in [0.15, 0.2) is 63.8 Å². The van der Waals surface area contributed by atoms with E-state index in [-0.39, 0.29) is 18.1 Å². The van der Waals surface area contributed by atoms with Gasteiger partial charge in [0.2, 0.25) is 11.2 Å². The van der Waals surface area contributed by atoms with Gasteiger partial charge in [0, 0.05) is 24.8 Å². The fourth-order valence-corrected chi connectivity index (χ4v) is 3.38. The summed E-state index contributed by atoms with van der Waals surface area (Å²) in [7, 11) is 4.62. The Hall–Kier alpha value is -4.04. The normalized spacial score (nSPS) is 10.8. The zero-order valence-corrected chi connectivity index (χ0v) is 17.8. The van der Waals surface area contributed by atoms with Crippen LogP contribution in [0.1, 0.15) is 5.76 Å². The van der Waals surface area contributed by atoms with Gasteiger partial charge in [0.1, 0.15) is 41.1 Å². The van der Waals surface area contributed by atoms with E-state index in [0.717, 1.165) is 5.56 Å². The molecule has 0 radical (unpaired) electrons. The molecule has 0 bridgehead atoms. The highest BCUT2D eigenvalue weighted by Crippen LogP contribution is 2.39. The summed E-state index contributed by atoms with van der Waals surface area (Å²) in [5.41, 5.74) is 1.74. The van der Waals surface area contributed by atoms with E-state index in [0.29, 0.717) is 34.3 Å². The Morgan fingerprint density at radius 1 is 1.03 bits per heavy atom. The molecule has 8 heteroatoms. The summed E-state index contributed by atoms with van der Waals surface area (Å²) in [5.74, 6) is 1.40. The van der Waals surface area contributed by atoms with Gasteiger partial charge in [-0.1, -0.05) is 30.3 Å². The van der Waals surface area contributed by atoms with E-state index >= 15 is 0 Å². The first-order valence-electron chi connectivity index (χ1n) is 9.78. The molecule has 164 valence electrons. The Labute approximate surface area is 184 Å². The van der Waals surface area contributed by atoms with Crippen molar-refractivity contribution in [2.75, 3.05) is 21.3 Å². The maximum atomic E-state index is 12.4. The third-order valence-corrected chi connectivity index (χ3v) is 4.90. The number of methoxy groups -OCH3 is 3. The molecule has 32 heavy (non-hydrogen) atoms. The van der Waals surface area contributed by atoms with E-state index in [1.54, 1.807) is 26.4 Å². The van der Waals surface area contributed by atoms with Gasteiger partial charge in [0.25, 0.3) is 0 Å². The number of H-pyrrole nitrogens is 1. The van der Waals surface area contributed by atoms with Crippen molar-refractivity contribution in [2.24, 2.45) is 0 Å². The second kappa shape index (κ2) is 8.99. The summed E-state index contributed by atoms with van der Waals surface area (Å²) in [6.07, 6.45) is 0. The fourth-order valence-electron chi connectivity index (χ4n) is 3.38. The number of aromatic amines is 1. The molecule has 2 N–H and O–H groups in total. The van der Waals surface area contributed by atoms with E-state index in [1.807, 2.05) is 36.4 Å². The van der Waals surface area contributed by atoms with Gasteiger partial charge in [-0.2, -0.15) is 0 Å². The molecule has 0 aliphatic carbocycles. The molecule has 4 aromatic rings. The molecule has 0 aliphatic heterocycles. The smallest absolute Gasteiger partial charge is 0.227 e. The van der Waals surface area contributed by atoms with Gasteiger partial charge in [-0.25, -0.2) is 4.98 Å². The zero-order valence-electron chi connectivity index (χ0n) is 17.8. The summed E-state index contributed by atoms with van der Waals surface area (Å²) in [6.45, 7) is 0.0798. The van der Waals surface area contributed by atoms with E-state index in [4.69, 9.17) is 23.6 Å². The summed E-state index contributed by atoms with van der Waals surface area (Å²) >= 11 is 0. The molecule has 0 saturated carbocycles. The largest absolute Gasteiger partial charge is 0.501 e. The zero-order chi connectivity index (χ0) is 22.7. The van der Waals surface area contributed by atoms with Gasteiger partial charge in [0.05, 0.1) is 19.8 Å². The summed E-state index contributed by atoms with van der Waals surface area (Å²) in [6, 6.07) is 15.9. The summed E-state index contributed by atoms with van der Waals surface area (Å²) < 4.78 is 21.7. The maximum Gasteiger partial charge on any atom is 0.227 e. The molecule has 4 rings (SSSR count). The third-order valence-electron chi connectivity index (χ3n) is 4.90. The predicted octanol–water partition coefficient (Wildman–Crippen LogP) is 4.23. The number of benzene rings is 2. The van der Waals surface area contributed by atoms with Crippen LogP contribution in [0.2, 0.25) is 0 Å². The Bertz CT molecular complexity index is 1290. The molecule has 0 amide bonds. The molecular formula is C24H22N2O6. The van der Waals surface area contributed by atoms with Gasteiger partial charge in [-0.3, -0.25) is 4.79 Å². The minimum absolute atomic E-state index is 0.0189. The van der Waals surface area contributed by atoms with Gasteiger partial charge in [-0.15, -0.1) is 0 Å². The molecule has 0 aliphatic rings. The van der Waals surface area contributed by atoms with Crippen LogP contribution in [0.3, 0.4) is 0 Å². The van der Waals surface area contributed by atoms with Crippen molar-refractivity contribution in [2.45, 2.75) is 6.61 Å². The minimum atomic E-state index is -0.574. The molecule has 0 spiro atoms. The Balaban J connectivity index is 1.97. The van der Waals surface area contributed by atoms with Crippen LogP contribution in [0, 0.1) is 0 Å². The van der Waals surface area contributed by atoms with Crippen molar-refractivity contribution in [3.8, 4) is 51.3 Å². The van der Waals surface area contributed by atoms with Gasteiger partial charge < -0.3 is 28.7 Å². The average molecular weight is 434 g/mol. The van der Waals surface area contributed by atoms with Crippen LogP contribution in [-0.4, -0.2) is 36.4 Å². The van der Waals surface area contributed by atoms with E-state index in [1.165, 1.54) is 13.2 Å². The number of aromatic hydroxyl groups is 1. The van der Waals surface area contributed by atoms with Gasteiger partial charge in [0.15, 0.2) is 5.76 Å². The number of nitrogens with zero attached hydrogens (tertiary/aromatic N) is 1. The van der Waals surface area contributed by atoms with Crippen molar-refractivity contribution in [1.29, 1.82) is 0 Å². The number of aromatic nitrogens is 2. The lowest BCUT2D eigenvalue weighted by Gasteiger charge is -2.08. The van der Waals surface area contributed by atoms with Crippen LogP contribution >= 0.6 is 0 Å². The highest BCUT2D eigenvalue weighted by molar-refractivity contribution is 5.82. The maximum absolute atomic E-state index is 12.4. The average Bonchev–Trinajstić information content (AvgIpc) is 3.26. The van der Waals surface area contributed by atoms with E-state index in [9.17, 15) is 9.90 Å². The Kier molecular flexibility index (Phi) is 5.96. The Morgan fingerprint density at radius 3 is 2.50 bits per heavy atom. The lowest BCUT2D eigenvalue weighted by atomic mass is 10.1. The third kappa shape index (κ3) is 3.95. The Morgan fingerprint density at radius 2 is 1.81 bits per heavy atom. The van der Waals surface area contributed by atoms with Crippen LogP contribution in [0.25, 0.3) is 34.1 Å². The highest BCUT2D eigenvalue weighted by atomic mass is 16.5. The van der Waals surface area contributed by atoms with Crippen molar-refractivity contribution < 1.29 is 23.7 Å². The fraction of sp³-hybridized carbons (Fsp3) is 0.167. The number of nitrogens with one attached hydrogen (secondary N) is 1. The molecular weight excluding hydrogens is 412 g/mol. The standard InChI is InChI=1S/C24H22N2O6/c1-29-13-16-11-18(27)22(28)23(32-16)21-20(14-7-5-4-6-8-14)25-24(26-21)17-10-9-15(30-2)12-19(17)31-3/h4-12,28H,13H2,1-3H3,(H,25,26). The molecule has 0 saturated heterocycles. The lowest BCUT2D eigenvalue weighted by molar-refractivity contribution is 0.162. The molecule has 0 unspecified atom stereocenters. The molecule has 2 aromatic heterocycles. The molecule has 8 nitrogen and oxygen atoms in total. The number of rotatable bonds is 7. The minimum Gasteiger partial charge on any atom is -0.501 e. The number of hydrogen-bond acceptors (Lipinski definition) is 7. The quantitative estimate of drug-likeness (QED) is 0.448. The van der Waals surface area contributed by atoms with Gasteiger partial charge in [-0.05, 0) is 12.1 Å². The van der Waals surface area contributed by atoms with Crippen LogP contribution in [0.5, 0.6) is 17.2 Å². The summed E-state index contributed by atoms with van der Waals surface area (Å²) in [4.78, 5) is 20.3. The van der Waals surface area contributed by atoms with Crippen LogP contribution in [0.4, 0.5) is 0 Å². The monoisotopic (exact) mass is 434 g/mol.